The van der Waals surface area contributed by atoms with Crippen molar-refractivity contribution in [1.29, 1.82) is 0 Å². The van der Waals surface area contributed by atoms with E-state index < -0.39 is 0 Å². The molecular formula is C11H20N2. The van der Waals surface area contributed by atoms with Gasteiger partial charge < -0.3 is 0 Å². The summed E-state index contributed by atoms with van der Waals surface area (Å²) < 4.78 is 2.04. The minimum absolute atomic E-state index is 0.306. The average molecular weight is 180 g/mol. The Morgan fingerprint density at radius 1 is 1.38 bits per heavy atom. The fourth-order valence-electron chi connectivity index (χ4n) is 1.26. The molecule has 1 rings (SSSR count). The molecule has 0 amide bonds. The molecule has 1 aromatic heterocycles. The summed E-state index contributed by atoms with van der Waals surface area (Å²) in [5, 5.41) is 4.51. The van der Waals surface area contributed by atoms with Crippen molar-refractivity contribution in [3.63, 3.8) is 0 Å². The van der Waals surface area contributed by atoms with Crippen LogP contribution in [-0.4, -0.2) is 9.78 Å². The van der Waals surface area contributed by atoms with Crippen LogP contribution in [0.3, 0.4) is 0 Å². The van der Waals surface area contributed by atoms with Crippen molar-refractivity contribution in [1.82, 2.24) is 9.78 Å². The maximum absolute atomic E-state index is 4.51. The highest BCUT2D eigenvalue weighted by Gasteiger charge is 2.12. The van der Waals surface area contributed by atoms with Gasteiger partial charge in [-0.25, -0.2) is 0 Å². The third-order valence-corrected chi connectivity index (χ3v) is 1.89. The van der Waals surface area contributed by atoms with Crippen molar-refractivity contribution in [2.45, 2.75) is 47.1 Å². The van der Waals surface area contributed by atoms with E-state index in [1.807, 2.05) is 4.68 Å². The van der Waals surface area contributed by atoms with Crippen LogP contribution >= 0.6 is 0 Å². The molecule has 0 unspecified atom stereocenters. The van der Waals surface area contributed by atoms with Gasteiger partial charge in [0.25, 0.3) is 0 Å². The van der Waals surface area contributed by atoms with Crippen LogP contribution < -0.4 is 0 Å². The molecule has 74 valence electrons. The molecule has 0 saturated heterocycles. The normalized spacial score (nSPS) is 12.5. The maximum atomic E-state index is 4.51. The third kappa shape index (κ3) is 3.21. The van der Waals surface area contributed by atoms with Gasteiger partial charge in [-0.3, -0.25) is 4.68 Å². The van der Waals surface area contributed by atoms with Gasteiger partial charge in [0, 0.05) is 12.7 Å². The predicted molar refractivity (Wildman–Crippen MR) is 55.8 cm³/mol. The summed E-state index contributed by atoms with van der Waals surface area (Å²) >= 11 is 0. The van der Waals surface area contributed by atoms with E-state index in [2.05, 4.69) is 52.0 Å². The van der Waals surface area contributed by atoms with E-state index in [0.29, 0.717) is 11.3 Å². The monoisotopic (exact) mass is 180 g/mol. The highest BCUT2D eigenvalue weighted by atomic mass is 15.3. The second-order valence-corrected chi connectivity index (χ2v) is 5.15. The number of aromatic nitrogens is 2. The molecule has 0 radical (unpaired) electrons. The molecule has 0 aliphatic rings. The van der Waals surface area contributed by atoms with Gasteiger partial charge in [0.05, 0.1) is 5.69 Å². The van der Waals surface area contributed by atoms with E-state index in [9.17, 15) is 0 Å². The number of hydrogen-bond acceptors (Lipinski definition) is 1. The Balaban J connectivity index is 2.70. The summed E-state index contributed by atoms with van der Waals surface area (Å²) in [6.45, 7) is 12.0. The zero-order valence-electron chi connectivity index (χ0n) is 9.33. The Labute approximate surface area is 81.0 Å². The Kier molecular flexibility index (Phi) is 2.79. The van der Waals surface area contributed by atoms with Gasteiger partial charge in [0.15, 0.2) is 0 Å². The van der Waals surface area contributed by atoms with E-state index in [4.69, 9.17) is 0 Å². The molecule has 2 nitrogen and oxygen atoms in total. The van der Waals surface area contributed by atoms with Gasteiger partial charge in [-0.15, -0.1) is 0 Å². The smallest absolute Gasteiger partial charge is 0.0649 e. The van der Waals surface area contributed by atoms with Gasteiger partial charge in [-0.05, 0) is 17.4 Å². The highest BCUT2D eigenvalue weighted by Crippen LogP contribution is 2.17. The molecule has 0 fully saturated rings. The Morgan fingerprint density at radius 2 is 2.00 bits per heavy atom. The summed E-state index contributed by atoms with van der Waals surface area (Å²) in [6.07, 6.45) is 2.07. The molecular weight excluding hydrogens is 160 g/mol. The molecule has 1 heterocycles. The van der Waals surface area contributed by atoms with Crippen molar-refractivity contribution in [3.05, 3.63) is 18.0 Å². The summed E-state index contributed by atoms with van der Waals surface area (Å²) in [7, 11) is 0. The van der Waals surface area contributed by atoms with Crippen LogP contribution in [0.25, 0.3) is 0 Å². The van der Waals surface area contributed by atoms with E-state index in [0.717, 1.165) is 6.54 Å². The van der Waals surface area contributed by atoms with Crippen LogP contribution in [0.1, 0.15) is 46.2 Å². The van der Waals surface area contributed by atoms with E-state index in [1.165, 1.54) is 5.69 Å². The molecule has 0 saturated carbocycles. The Bertz CT molecular complexity index is 266. The lowest BCUT2D eigenvalue weighted by atomic mass is 9.97. The maximum Gasteiger partial charge on any atom is 0.0649 e. The fourth-order valence-corrected chi connectivity index (χ4v) is 1.26. The van der Waals surface area contributed by atoms with E-state index >= 15 is 0 Å². The third-order valence-electron chi connectivity index (χ3n) is 1.89. The van der Waals surface area contributed by atoms with Crippen molar-refractivity contribution in [2.24, 2.45) is 5.41 Å². The zero-order valence-corrected chi connectivity index (χ0v) is 9.33. The largest absolute Gasteiger partial charge is 0.272 e. The second kappa shape index (κ2) is 3.52. The number of nitrogens with zero attached hydrogens (tertiary/aromatic N) is 2. The van der Waals surface area contributed by atoms with Gasteiger partial charge in [0.1, 0.15) is 0 Å². The summed E-state index contributed by atoms with van der Waals surface area (Å²) in [4.78, 5) is 0. The van der Waals surface area contributed by atoms with Gasteiger partial charge in [0.2, 0.25) is 0 Å². The molecule has 0 aliphatic carbocycles. The first-order valence-corrected chi connectivity index (χ1v) is 4.92. The van der Waals surface area contributed by atoms with Crippen LogP contribution in [0.2, 0.25) is 0 Å². The molecule has 13 heavy (non-hydrogen) atoms. The second-order valence-electron chi connectivity index (χ2n) is 5.15. The standard InChI is InChI=1S/C11H20N2/c1-9(2)10-6-7-13(12-10)8-11(3,4)5/h6-7,9H,8H2,1-5H3. The molecule has 0 aliphatic heterocycles. The lowest BCUT2D eigenvalue weighted by Crippen LogP contribution is -2.16. The van der Waals surface area contributed by atoms with Crippen LogP contribution in [0.4, 0.5) is 0 Å². The molecule has 0 aromatic carbocycles. The topological polar surface area (TPSA) is 17.8 Å². The van der Waals surface area contributed by atoms with Crippen molar-refractivity contribution < 1.29 is 0 Å². The van der Waals surface area contributed by atoms with Crippen LogP contribution in [0, 0.1) is 5.41 Å². The zero-order chi connectivity index (χ0) is 10.1. The highest BCUT2D eigenvalue weighted by molar-refractivity contribution is 5.03. The Hall–Kier alpha value is -0.790. The first kappa shape index (κ1) is 10.3. The molecule has 0 N–H and O–H groups in total. The van der Waals surface area contributed by atoms with Crippen LogP contribution in [-0.2, 0) is 6.54 Å². The Morgan fingerprint density at radius 3 is 2.38 bits per heavy atom. The quantitative estimate of drug-likeness (QED) is 0.684. The number of hydrogen-bond donors (Lipinski definition) is 0. The van der Waals surface area contributed by atoms with Gasteiger partial charge >= 0.3 is 0 Å². The molecule has 2 heteroatoms. The molecule has 0 spiro atoms. The summed E-state index contributed by atoms with van der Waals surface area (Å²) in [5.41, 5.74) is 1.49. The lowest BCUT2D eigenvalue weighted by molar-refractivity contribution is 0.324. The SMILES string of the molecule is CC(C)c1ccn(CC(C)(C)C)n1. The lowest BCUT2D eigenvalue weighted by Gasteiger charge is -2.17. The van der Waals surface area contributed by atoms with Crippen molar-refractivity contribution >= 4 is 0 Å². The summed E-state index contributed by atoms with van der Waals surface area (Å²) in [5.74, 6) is 0.529. The van der Waals surface area contributed by atoms with Crippen molar-refractivity contribution in [3.8, 4) is 0 Å². The fraction of sp³-hybridized carbons (Fsp3) is 0.727. The van der Waals surface area contributed by atoms with E-state index in [-0.39, 0.29) is 0 Å². The van der Waals surface area contributed by atoms with Crippen molar-refractivity contribution in [2.75, 3.05) is 0 Å². The number of rotatable bonds is 2. The van der Waals surface area contributed by atoms with Gasteiger partial charge in [-0.1, -0.05) is 34.6 Å². The van der Waals surface area contributed by atoms with Crippen LogP contribution in [0.5, 0.6) is 0 Å². The predicted octanol–water partition coefficient (Wildman–Crippen LogP) is 3.05. The first-order chi connectivity index (χ1) is 5.88. The minimum atomic E-state index is 0.306. The first-order valence-electron chi connectivity index (χ1n) is 4.92. The summed E-state index contributed by atoms with van der Waals surface area (Å²) in [6, 6.07) is 2.11. The average Bonchev–Trinajstić information content (AvgIpc) is 2.31. The molecule has 1 aromatic rings. The molecule has 0 atom stereocenters. The van der Waals surface area contributed by atoms with Gasteiger partial charge in [-0.2, -0.15) is 5.10 Å². The van der Waals surface area contributed by atoms with Crippen LogP contribution in [0.15, 0.2) is 12.3 Å². The minimum Gasteiger partial charge on any atom is -0.272 e. The van der Waals surface area contributed by atoms with E-state index in [1.54, 1.807) is 0 Å². The molecule has 0 bridgehead atoms.